The molecule has 27 heavy (non-hydrogen) atoms. The largest absolute Gasteiger partial charge is 0.505 e. The van der Waals surface area contributed by atoms with E-state index in [-0.39, 0.29) is 12.4 Å². The summed E-state index contributed by atoms with van der Waals surface area (Å²) in [6, 6.07) is 13.0. The van der Waals surface area contributed by atoms with Gasteiger partial charge in [-0.25, -0.2) is 0 Å². The van der Waals surface area contributed by atoms with Crippen molar-refractivity contribution in [1.82, 2.24) is 4.90 Å². The normalized spacial score (nSPS) is 17.3. The van der Waals surface area contributed by atoms with Crippen molar-refractivity contribution in [3.8, 4) is 5.75 Å². The van der Waals surface area contributed by atoms with E-state index in [9.17, 15) is 5.11 Å². The van der Waals surface area contributed by atoms with E-state index in [2.05, 4.69) is 71.6 Å². The van der Waals surface area contributed by atoms with Gasteiger partial charge in [-0.05, 0) is 49.2 Å². The third-order valence-electron chi connectivity index (χ3n) is 4.88. The number of phenols is 1. The number of para-hydroxylation sites is 1. The van der Waals surface area contributed by atoms with Crippen LogP contribution in [0.15, 0.2) is 75.5 Å². The van der Waals surface area contributed by atoms with Crippen molar-refractivity contribution in [2.24, 2.45) is 0 Å². The zero-order chi connectivity index (χ0) is 18.1. The minimum absolute atomic E-state index is 0. The molecule has 1 N–H and O–H groups in total. The van der Waals surface area contributed by atoms with E-state index < -0.39 is 0 Å². The van der Waals surface area contributed by atoms with E-state index in [1.807, 2.05) is 12.3 Å². The standard InChI is InChI=1S/C21H22N2OS2.ClH/c1-22-13-6-5-7-15(22)12-14-23-16-8-3-4-9-17(16)26-18-10-11-19(25-2)21(24)20(18)23;/h3-11,13,15,24H,12,14H2,1-2H3;1H. The lowest BCUT2D eigenvalue weighted by Gasteiger charge is -2.35. The molecule has 2 aromatic rings. The first-order chi connectivity index (χ1) is 12.7. The van der Waals surface area contributed by atoms with Crippen LogP contribution >= 0.6 is 35.9 Å². The van der Waals surface area contributed by atoms with E-state index in [0.29, 0.717) is 11.8 Å². The van der Waals surface area contributed by atoms with E-state index >= 15 is 0 Å². The minimum atomic E-state index is 0. The number of nitrogens with zero attached hydrogens (tertiary/aromatic N) is 2. The number of thioether (sulfide) groups is 1. The van der Waals surface area contributed by atoms with Gasteiger partial charge in [-0.2, -0.15) is 0 Å². The Morgan fingerprint density at radius 2 is 1.93 bits per heavy atom. The zero-order valence-electron chi connectivity index (χ0n) is 15.3. The fraction of sp³-hybridized carbons (Fsp3) is 0.238. The first kappa shape index (κ1) is 20.1. The number of fused-ring (bicyclic) bond motifs is 2. The van der Waals surface area contributed by atoms with Crippen LogP contribution in [0, 0.1) is 0 Å². The molecule has 0 bridgehead atoms. The van der Waals surface area contributed by atoms with Gasteiger partial charge in [-0.15, -0.1) is 24.2 Å². The molecule has 3 nitrogen and oxygen atoms in total. The van der Waals surface area contributed by atoms with Gasteiger partial charge >= 0.3 is 0 Å². The van der Waals surface area contributed by atoms with E-state index in [1.165, 1.54) is 10.6 Å². The molecule has 0 saturated carbocycles. The molecule has 2 heterocycles. The Bertz CT molecular complexity index is 884. The Balaban J connectivity index is 0.00000210. The number of rotatable bonds is 4. The van der Waals surface area contributed by atoms with Crippen molar-refractivity contribution >= 4 is 47.3 Å². The molecule has 0 aromatic heterocycles. The fourth-order valence-electron chi connectivity index (χ4n) is 3.47. The summed E-state index contributed by atoms with van der Waals surface area (Å²) in [6.45, 7) is 0.850. The molecule has 0 radical (unpaired) electrons. The Morgan fingerprint density at radius 1 is 1.11 bits per heavy atom. The van der Waals surface area contributed by atoms with Crippen LogP contribution in [0.2, 0.25) is 0 Å². The summed E-state index contributed by atoms with van der Waals surface area (Å²) >= 11 is 3.32. The minimum Gasteiger partial charge on any atom is -0.505 e. The Kier molecular flexibility index (Phi) is 6.35. The van der Waals surface area contributed by atoms with Crippen LogP contribution in [0.3, 0.4) is 0 Å². The SMILES string of the molecule is CSc1ccc2c(c1O)N(CCC1C=CC=CN1C)c1ccccc1S2.Cl. The first-order valence-electron chi connectivity index (χ1n) is 8.70. The molecule has 2 aliphatic rings. The zero-order valence-corrected chi connectivity index (χ0v) is 17.8. The molecule has 2 aliphatic heterocycles. The molecule has 0 amide bonds. The number of aromatic hydroxyl groups is 1. The van der Waals surface area contributed by atoms with Gasteiger partial charge in [-0.3, -0.25) is 0 Å². The molecule has 0 fully saturated rings. The van der Waals surface area contributed by atoms with Crippen molar-refractivity contribution in [3.63, 3.8) is 0 Å². The number of anilines is 2. The molecular weight excluding hydrogens is 396 g/mol. The Morgan fingerprint density at radius 3 is 2.70 bits per heavy atom. The molecular formula is C21H23ClN2OS2. The summed E-state index contributed by atoms with van der Waals surface area (Å²) in [7, 11) is 2.11. The Hall–Kier alpha value is -1.69. The second-order valence-corrected chi connectivity index (χ2v) is 8.36. The molecule has 0 spiro atoms. The predicted octanol–water partition coefficient (Wildman–Crippen LogP) is 5.91. The lowest BCUT2D eigenvalue weighted by Crippen LogP contribution is -2.32. The van der Waals surface area contributed by atoms with Gasteiger partial charge in [0.2, 0.25) is 0 Å². The summed E-state index contributed by atoms with van der Waals surface area (Å²) in [5, 5.41) is 10.9. The molecule has 2 aromatic carbocycles. The molecule has 1 atom stereocenters. The fourth-order valence-corrected chi connectivity index (χ4v) is 5.07. The second kappa shape index (κ2) is 8.55. The third-order valence-corrected chi connectivity index (χ3v) is 6.76. The van der Waals surface area contributed by atoms with Gasteiger partial charge in [0.05, 0.1) is 16.3 Å². The van der Waals surface area contributed by atoms with E-state index in [4.69, 9.17) is 0 Å². The number of benzene rings is 2. The van der Waals surface area contributed by atoms with E-state index in [0.717, 1.165) is 28.4 Å². The van der Waals surface area contributed by atoms with Crippen LogP contribution in [0.25, 0.3) is 0 Å². The highest BCUT2D eigenvalue weighted by molar-refractivity contribution is 8.00. The summed E-state index contributed by atoms with van der Waals surface area (Å²) < 4.78 is 0. The summed E-state index contributed by atoms with van der Waals surface area (Å²) in [4.78, 5) is 7.81. The van der Waals surface area contributed by atoms with Crippen LogP contribution in [-0.2, 0) is 0 Å². The molecule has 0 saturated heterocycles. The van der Waals surface area contributed by atoms with Gasteiger partial charge in [-0.1, -0.05) is 36.0 Å². The first-order valence-corrected chi connectivity index (χ1v) is 10.7. The average Bonchev–Trinajstić information content (AvgIpc) is 2.67. The van der Waals surface area contributed by atoms with Crippen molar-refractivity contribution in [1.29, 1.82) is 0 Å². The number of phenolic OH excluding ortho intramolecular Hbond substituents is 1. The van der Waals surface area contributed by atoms with Gasteiger partial charge in [0.1, 0.15) is 0 Å². The summed E-state index contributed by atoms with van der Waals surface area (Å²) in [5.41, 5.74) is 2.12. The average molecular weight is 419 g/mol. The van der Waals surface area contributed by atoms with Gasteiger partial charge in [0.15, 0.2) is 5.75 Å². The maximum Gasteiger partial charge on any atom is 0.153 e. The molecule has 142 valence electrons. The van der Waals surface area contributed by atoms with Crippen molar-refractivity contribution in [3.05, 3.63) is 60.8 Å². The highest BCUT2D eigenvalue weighted by Crippen LogP contribution is 2.53. The number of likely N-dealkylation sites (N-methyl/N-ethyl adjacent to an activating group) is 1. The molecule has 6 heteroatoms. The van der Waals surface area contributed by atoms with Crippen LogP contribution < -0.4 is 4.90 Å². The summed E-state index contributed by atoms with van der Waals surface area (Å²) in [5.74, 6) is 0.393. The van der Waals surface area contributed by atoms with Crippen LogP contribution in [0.5, 0.6) is 5.75 Å². The third kappa shape index (κ3) is 3.82. The molecule has 1 unspecified atom stereocenters. The van der Waals surface area contributed by atoms with Crippen LogP contribution in [0.1, 0.15) is 6.42 Å². The molecule has 4 rings (SSSR count). The topological polar surface area (TPSA) is 26.7 Å². The molecule has 0 aliphatic carbocycles. The number of hydrogen-bond donors (Lipinski definition) is 1. The number of hydrogen-bond acceptors (Lipinski definition) is 5. The highest BCUT2D eigenvalue weighted by Gasteiger charge is 2.28. The van der Waals surface area contributed by atoms with Crippen molar-refractivity contribution < 1.29 is 5.11 Å². The Labute approximate surface area is 175 Å². The van der Waals surface area contributed by atoms with Crippen LogP contribution in [0.4, 0.5) is 11.4 Å². The maximum absolute atomic E-state index is 10.9. The quantitative estimate of drug-likeness (QED) is 0.622. The maximum atomic E-state index is 10.9. The monoisotopic (exact) mass is 418 g/mol. The lowest BCUT2D eigenvalue weighted by molar-refractivity contribution is 0.364. The van der Waals surface area contributed by atoms with E-state index in [1.54, 1.807) is 23.5 Å². The second-order valence-electron chi connectivity index (χ2n) is 6.43. The summed E-state index contributed by atoms with van der Waals surface area (Å²) in [6.07, 6.45) is 11.5. The smallest absolute Gasteiger partial charge is 0.153 e. The van der Waals surface area contributed by atoms with Gasteiger partial charge in [0, 0.05) is 29.4 Å². The van der Waals surface area contributed by atoms with Crippen LogP contribution in [-0.4, -0.2) is 35.9 Å². The number of allylic oxidation sites excluding steroid dienone is 2. The lowest BCUT2D eigenvalue weighted by atomic mass is 10.1. The number of halogens is 1. The van der Waals surface area contributed by atoms with Crippen molar-refractivity contribution in [2.45, 2.75) is 27.1 Å². The predicted molar refractivity (Wildman–Crippen MR) is 119 cm³/mol. The van der Waals surface area contributed by atoms with Gasteiger partial charge in [0.25, 0.3) is 0 Å². The highest BCUT2D eigenvalue weighted by atomic mass is 35.5. The van der Waals surface area contributed by atoms with Gasteiger partial charge < -0.3 is 14.9 Å². The van der Waals surface area contributed by atoms with Crippen molar-refractivity contribution in [2.75, 3.05) is 24.7 Å².